The van der Waals surface area contributed by atoms with Crippen LogP contribution in [0.2, 0.25) is 0 Å². The molecule has 0 spiro atoms. The molecule has 0 bridgehead atoms. The highest BCUT2D eigenvalue weighted by molar-refractivity contribution is 5.72. The fourth-order valence-corrected chi connectivity index (χ4v) is 4.42. The molecule has 1 heterocycles. The molecule has 1 aliphatic heterocycles. The Morgan fingerprint density at radius 3 is 1.95 bits per heavy atom. The lowest BCUT2D eigenvalue weighted by Gasteiger charge is -2.38. The Bertz CT molecular complexity index is 723. The maximum Gasteiger partial charge on any atom is 0.0416 e. The predicted octanol–water partition coefficient (Wildman–Crippen LogP) is 5.39. The Morgan fingerprint density at radius 1 is 0.818 bits per heavy atom. The van der Waals surface area contributed by atoms with Gasteiger partial charge in [-0.05, 0) is 82.0 Å². The number of hydrogen-bond acceptors (Lipinski definition) is 1. The Balaban J connectivity index is 2.36. The minimum atomic E-state index is 0.0540. The van der Waals surface area contributed by atoms with E-state index in [4.69, 9.17) is 0 Å². The maximum atomic E-state index is 2.51. The third-order valence-corrected chi connectivity index (χ3v) is 5.77. The Kier molecular flexibility index (Phi) is 3.27. The summed E-state index contributed by atoms with van der Waals surface area (Å²) < 4.78 is 0. The normalized spacial score (nSPS) is 19.2. The van der Waals surface area contributed by atoms with Crippen LogP contribution in [0.3, 0.4) is 0 Å². The van der Waals surface area contributed by atoms with Crippen molar-refractivity contribution >= 4 is 0 Å². The monoisotopic (exact) mass is 293 g/mol. The summed E-state index contributed by atoms with van der Waals surface area (Å²) in [6.07, 6.45) is 0. The summed E-state index contributed by atoms with van der Waals surface area (Å²) in [7, 11) is 2.25. The highest BCUT2D eigenvalue weighted by Gasteiger charge is 2.48. The second kappa shape index (κ2) is 4.70. The van der Waals surface area contributed by atoms with E-state index in [1.54, 1.807) is 0 Å². The van der Waals surface area contributed by atoms with E-state index >= 15 is 0 Å². The first-order valence-electron chi connectivity index (χ1n) is 8.13. The molecule has 0 aliphatic carbocycles. The third-order valence-electron chi connectivity index (χ3n) is 5.77. The molecule has 0 amide bonds. The first-order chi connectivity index (χ1) is 10.2. The van der Waals surface area contributed by atoms with E-state index in [2.05, 4.69) is 89.9 Å². The van der Waals surface area contributed by atoms with Crippen molar-refractivity contribution in [1.82, 2.24) is 4.90 Å². The van der Waals surface area contributed by atoms with Gasteiger partial charge in [0, 0.05) is 11.1 Å². The first kappa shape index (κ1) is 15.3. The van der Waals surface area contributed by atoms with E-state index in [1.807, 2.05) is 0 Å². The number of rotatable bonds is 1. The van der Waals surface area contributed by atoms with Crippen molar-refractivity contribution in [3.63, 3.8) is 0 Å². The van der Waals surface area contributed by atoms with Gasteiger partial charge < -0.3 is 0 Å². The molecule has 0 radical (unpaired) electrons. The van der Waals surface area contributed by atoms with Crippen molar-refractivity contribution in [2.75, 3.05) is 7.05 Å². The van der Waals surface area contributed by atoms with Gasteiger partial charge in [0.15, 0.2) is 0 Å². The number of fused-ring (bicyclic) bond motifs is 1. The van der Waals surface area contributed by atoms with Crippen LogP contribution in [0.15, 0.2) is 36.4 Å². The summed E-state index contributed by atoms with van der Waals surface area (Å²) in [5.41, 5.74) is 8.67. The summed E-state index contributed by atoms with van der Waals surface area (Å²) >= 11 is 0. The smallest absolute Gasteiger partial charge is 0.0416 e. The molecule has 1 nitrogen and oxygen atoms in total. The van der Waals surface area contributed by atoms with Gasteiger partial charge in [0.25, 0.3) is 0 Å². The van der Waals surface area contributed by atoms with Crippen LogP contribution in [-0.2, 0) is 11.1 Å². The molecule has 116 valence electrons. The second-order valence-electron chi connectivity index (χ2n) is 7.66. The molecule has 2 aromatic rings. The van der Waals surface area contributed by atoms with Crippen molar-refractivity contribution in [1.29, 1.82) is 0 Å². The number of benzene rings is 2. The zero-order valence-electron chi connectivity index (χ0n) is 14.9. The highest BCUT2D eigenvalue weighted by Crippen LogP contribution is 2.52. The summed E-state index contributed by atoms with van der Waals surface area (Å²) in [5, 5.41) is 0. The number of aryl methyl sites for hydroxylation is 1. The molecule has 0 fully saturated rings. The van der Waals surface area contributed by atoms with E-state index in [9.17, 15) is 0 Å². The van der Waals surface area contributed by atoms with Gasteiger partial charge in [-0.25, -0.2) is 0 Å². The largest absolute Gasteiger partial charge is 0.288 e. The third kappa shape index (κ3) is 1.88. The molecular weight excluding hydrogens is 266 g/mol. The van der Waals surface area contributed by atoms with E-state index in [1.165, 1.54) is 33.4 Å². The fourth-order valence-electron chi connectivity index (χ4n) is 4.42. The molecule has 2 aromatic carbocycles. The molecule has 0 N–H and O–H groups in total. The van der Waals surface area contributed by atoms with Crippen LogP contribution in [0.1, 0.15) is 49.9 Å². The molecule has 0 atom stereocenters. The highest BCUT2D eigenvalue weighted by atomic mass is 15.2. The van der Waals surface area contributed by atoms with Crippen LogP contribution >= 0.6 is 0 Å². The van der Waals surface area contributed by atoms with Crippen molar-refractivity contribution < 1.29 is 0 Å². The van der Waals surface area contributed by atoms with Crippen molar-refractivity contribution in [3.05, 3.63) is 58.7 Å². The minimum absolute atomic E-state index is 0.0540. The minimum Gasteiger partial charge on any atom is -0.288 e. The summed E-state index contributed by atoms with van der Waals surface area (Å²) in [4.78, 5) is 2.51. The summed E-state index contributed by atoms with van der Waals surface area (Å²) in [5.74, 6) is 0. The standard InChI is InChI=1S/C21H27N/c1-14-13-17(16-11-9-8-10-12-16)15(2)19-18(14)20(3,4)22(7)21(19,5)6/h8-13H,1-7H3. The van der Waals surface area contributed by atoms with Gasteiger partial charge in [-0.3, -0.25) is 4.90 Å². The van der Waals surface area contributed by atoms with Crippen LogP contribution < -0.4 is 0 Å². The first-order valence-corrected chi connectivity index (χ1v) is 8.13. The molecule has 3 rings (SSSR count). The summed E-state index contributed by atoms with van der Waals surface area (Å²) in [6, 6.07) is 13.1. The van der Waals surface area contributed by atoms with E-state index in [0.717, 1.165) is 0 Å². The quantitative estimate of drug-likeness (QED) is 0.681. The molecule has 1 aliphatic rings. The number of hydrogen-bond donors (Lipinski definition) is 0. The lowest BCUT2D eigenvalue weighted by atomic mass is 9.81. The average Bonchev–Trinajstić information content (AvgIpc) is 2.62. The second-order valence-corrected chi connectivity index (χ2v) is 7.66. The molecule has 0 saturated heterocycles. The zero-order chi connectivity index (χ0) is 16.3. The van der Waals surface area contributed by atoms with Gasteiger partial charge in [-0.15, -0.1) is 0 Å². The van der Waals surface area contributed by atoms with Crippen LogP contribution in [0.25, 0.3) is 11.1 Å². The Hall–Kier alpha value is -1.60. The molecule has 0 unspecified atom stereocenters. The lowest BCUT2D eigenvalue weighted by molar-refractivity contribution is 0.0726. The van der Waals surface area contributed by atoms with E-state index < -0.39 is 0 Å². The van der Waals surface area contributed by atoms with Crippen LogP contribution in [-0.4, -0.2) is 11.9 Å². The van der Waals surface area contributed by atoms with E-state index in [0.29, 0.717) is 0 Å². The summed E-state index contributed by atoms with van der Waals surface area (Å²) in [6.45, 7) is 13.9. The number of nitrogens with zero attached hydrogens (tertiary/aromatic N) is 1. The molecule has 22 heavy (non-hydrogen) atoms. The topological polar surface area (TPSA) is 3.24 Å². The van der Waals surface area contributed by atoms with Gasteiger partial charge in [-0.1, -0.05) is 36.4 Å². The van der Waals surface area contributed by atoms with E-state index in [-0.39, 0.29) is 11.1 Å². The van der Waals surface area contributed by atoms with Crippen LogP contribution in [0.4, 0.5) is 0 Å². The van der Waals surface area contributed by atoms with Crippen LogP contribution in [0, 0.1) is 13.8 Å². The van der Waals surface area contributed by atoms with Gasteiger partial charge in [0.1, 0.15) is 0 Å². The van der Waals surface area contributed by atoms with Gasteiger partial charge >= 0.3 is 0 Å². The van der Waals surface area contributed by atoms with Crippen molar-refractivity contribution in [2.45, 2.75) is 52.6 Å². The van der Waals surface area contributed by atoms with Gasteiger partial charge in [0.05, 0.1) is 0 Å². The maximum absolute atomic E-state index is 2.51. The average molecular weight is 293 g/mol. The van der Waals surface area contributed by atoms with Gasteiger partial charge in [0.2, 0.25) is 0 Å². The Labute approximate surface area is 135 Å². The SMILES string of the molecule is Cc1cc(-c2ccccc2)c(C)c2c1C(C)(C)N(C)C2(C)C. The molecule has 0 saturated carbocycles. The van der Waals surface area contributed by atoms with Crippen molar-refractivity contribution in [3.8, 4) is 11.1 Å². The molecular formula is C21H27N. The van der Waals surface area contributed by atoms with Gasteiger partial charge in [-0.2, -0.15) is 0 Å². The van der Waals surface area contributed by atoms with Crippen LogP contribution in [0.5, 0.6) is 0 Å². The molecule has 0 aromatic heterocycles. The fraction of sp³-hybridized carbons (Fsp3) is 0.429. The molecule has 1 heteroatoms. The Morgan fingerprint density at radius 2 is 1.36 bits per heavy atom. The lowest BCUT2D eigenvalue weighted by Crippen LogP contribution is -2.42. The predicted molar refractivity (Wildman–Crippen MR) is 95.2 cm³/mol. The van der Waals surface area contributed by atoms with Crippen molar-refractivity contribution in [2.24, 2.45) is 0 Å². The zero-order valence-corrected chi connectivity index (χ0v) is 14.9.